The molecule has 0 saturated heterocycles. The predicted molar refractivity (Wildman–Crippen MR) is 78.5 cm³/mol. The first-order valence-electron chi connectivity index (χ1n) is 6.61. The van der Waals surface area contributed by atoms with Crippen molar-refractivity contribution in [2.45, 2.75) is 46.1 Å². The molecule has 1 nitrogen and oxygen atoms in total. The third-order valence-corrected chi connectivity index (χ3v) is 5.17. The molecule has 1 N–H and O–H groups in total. The van der Waals surface area contributed by atoms with Crippen LogP contribution in [-0.4, -0.2) is 6.04 Å². The van der Waals surface area contributed by atoms with Gasteiger partial charge in [0.05, 0.1) is 0 Å². The summed E-state index contributed by atoms with van der Waals surface area (Å²) in [6.07, 6.45) is 4.05. The van der Waals surface area contributed by atoms with E-state index in [9.17, 15) is 0 Å². The van der Waals surface area contributed by atoms with Crippen LogP contribution in [0.4, 0.5) is 5.69 Å². The average Bonchev–Trinajstić information content (AvgIpc) is 2.31. The van der Waals surface area contributed by atoms with Crippen molar-refractivity contribution in [1.29, 1.82) is 0 Å². The number of anilines is 1. The smallest absolute Gasteiger partial charge is 0.0383 e. The molecule has 1 aliphatic carbocycles. The highest BCUT2D eigenvalue weighted by atomic mass is 79.9. The summed E-state index contributed by atoms with van der Waals surface area (Å²) in [5.74, 6) is 1.61. The summed E-state index contributed by atoms with van der Waals surface area (Å²) in [4.78, 5) is 0. The molecule has 1 saturated carbocycles. The Morgan fingerprint density at radius 3 is 2.76 bits per heavy atom. The Kier molecular flexibility index (Phi) is 4.13. The fourth-order valence-electron chi connectivity index (χ4n) is 2.75. The van der Waals surface area contributed by atoms with Crippen LogP contribution >= 0.6 is 15.9 Å². The van der Waals surface area contributed by atoms with Gasteiger partial charge >= 0.3 is 0 Å². The molecule has 1 fully saturated rings. The van der Waals surface area contributed by atoms with Crippen LogP contribution < -0.4 is 5.32 Å². The molecular formula is C15H22BrN. The summed E-state index contributed by atoms with van der Waals surface area (Å²) in [5.41, 5.74) is 2.60. The molecule has 0 aliphatic heterocycles. The van der Waals surface area contributed by atoms with Crippen LogP contribution in [0, 0.1) is 18.8 Å². The fourth-order valence-corrected chi connectivity index (χ4v) is 3.12. The van der Waals surface area contributed by atoms with Crippen LogP contribution in [0.2, 0.25) is 0 Å². The van der Waals surface area contributed by atoms with E-state index in [4.69, 9.17) is 0 Å². The zero-order chi connectivity index (χ0) is 12.4. The third kappa shape index (κ3) is 2.85. The highest BCUT2D eigenvalue weighted by Gasteiger charge is 2.27. The lowest BCUT2D eigenvalue weighted by molar-refractivity contribution is 0.253. The number of hydrogen-bond donors (Lipinski definition) is 1. The summed E-state index contributed by atoms with van der Waals surface area (Å²) in [6, 6.07) is 7.03. The molecule has 3 atom stereocenters. The van der Waals surface area contributed by atoms with Gasteiger partial charge in [-0.3, -0.25) is 0 Å². The maximum atomic E-state index is 3.74. The molecule has 17 heavy (non-hydrogen) atoms. The minimum atomic E-state index is 0.631. The maximum Gasteiger partial charge on any atom is 0.0383 e. The molecular weight excluding hydrogens is 274 g/mol. The zero-order valence-corrected chi connectivity index (χ0v) is 12.5. The normalized spacial score (nSPS) is 29.1. The van der Waals surface area contributed by atoms with Crippen molar-refractivity contribution < 1.29 is 0 Å². The molecule has 2 heteroatoms. The second-order valence-corrected chi connectivity index (χ2v) is 6.28. The lowest BCUT2D eigenvalue weighted by atomic mass is 9.78. The molecule has 94 valence electrons. The molecule has 0 radical (unpaired) electrons. The fraction of sp³-hybridized carbons (Fsp3) is 0.600. The number of halogens is 1. The van der Waals surface area contributed by atoms with Gasteiger partial charge in [-0.1, -0.05) is 48.7 Å². The largest absolute Gasteiger partial charge is 0.382 e. The van der Waals surface area contributed by atoms with Gasteiger partial charge in [-0.2, -0.15) is 0 Å². The van der Waals surface area contributed by atoms with Gasteiger partial charge in [0.2, 0.25) is 0 Å². The predicted octanol–water partition coefficient (Wildman–Crippen LogP) is 4.99. The Hall–Kier alpha value is -0.500. The number of benzene rings is 1. The molecule has 0 aromatic heterocycles. The SMILES string of the molecule is Cc1c(Br)cccc1NC1CCCC(C)C1C. The van der Waals surface area contributed by atoms with Gasteiger partial charge in [0.1, 0.15) is 0 Å². The molecule has 0 bridgehead atoms. The molecule has 2 rings (SSSR count). The van der Waals surface area contributed by atoms with Crippen molar-refractivity contribution >= 4 is 21.6 Å². The first-order chi connectivity index (χ1) is 8.09. The standard InChI is InChI=1S/C15H22BrN/c1-10-6-4-8-14(11(10)2)17-15-9-5-7-13(16)12(15)3/h5,7,9-11,14,17H,4,6,8H2,1-3H3. The van der Waals surface area contributed by atoms with Crippen molar-refractivity contribution in [1.82, 2.24) is 0 Å². The van der Waals surface area contributed by atoms with E-state index in [2.05, 4.69) is 60.2 Å². The van der Waals surface area contributed by atoms with Crippen LogP contribution in [0.15, 0.2) is 22.7 Å². The molecule has 1 aromatic carbocycles. The lowest BCUT2D eigenvalue weighted by Gasteiger charge is -2.35. The van der Waals surface area contributed by atoms with Gasteiger partial charge in [-0.15, -0.1) is 0 Å². The van der Waals surface area contributed by atoms with E-state index in [0.29, 0.717) is 6.04 Å². The summed E-state index contributed by atoms with van der Waals surface area (Å²) < 4.78 is 1.19. The van der Waals surface area contributed by atoms with E-state index in [1.165, 1.54) is 35.0 Å². The minimum Gasteiger partial charge on any atom is -0.382 e. The van der Waals surface area contributed by atoms with Crippen molar-refractivity contribution in [3.05, 3.63) is 28.2 Å². The van der Waals surface area contributed by atoms with Crippen LogP contribution in [0.5, 0.6) is 0 Å². The van der Waals surface area contributed by atoms with Crippen molar-refractivity contribution in [2.75, 3.05) is 5.32 Å². The van der Waals surface area contributed by atoms with Gasteiger partial charge in [-0.25, -0.2) is 0 Å². The highest BCUT2D eigenvalue weighted by Crippen LogP contribution is 2.33. The van der Waals surface area contributed by atoms with Gasteiger partial charge in [0.25, 0.3) is 0 Å². The molecule has 0 spiro atoms. The Balaban J connectivity index is 2.12. The first-order valence-corrected chi connectivity index (χ1v) is 7.40. The van der Waals surface area contributed by atoms with Crippen LogP contribution in [0.3, 0.4) is 0 Å². The quantitative estimate of drug-likeness (QED) is 0.810. The Bertz CT molecular complexity index is 389. The average molecular weight is 296 g/mol. The minimum absolute atomic E-state index is 0.631. The number of rotatable bonds is 2. The Labute approximate surface area is 113 Å². The van der Waals surface area contributed by atoms with Gasteiger partial charge in [-0.05, 0) is 42.9 Å². The van der Waals surface area contributed by atoms with E-state index in [1.807, 2.05) is 0 Å². The second kappa shape index (κ2) is 5.43. The molecule has 1 aromatic rings. The Morgan fingerprint density at radius 1 is 1.24 bits per heavy atom. The Morgan fingerprint density at radius 2 is 2.00 bits per heavy atom. The topological polar surface area (TPSA) is 12.0 Å². The summed E-state index contributed by atoms with van der Waals surface area (Å²) in [6.45, 7) is 6.93. The molecule has 0 amide bonds. The second-order valence-electron chi connectivity index (χ2n) is 5.43. The van der Waals surface area contributed by atoms with E-state index < -0.39 is 0 Å². The van der Waals surface area contributed by atoms with Crippen LogP contribution in [0.1, 0.15) is 38.7 Å². The van der Waals surface area contributed by atoms with Crippen LogP contribution in [-0.2, 0) is 0 Å². The molecule has 3 unspecified atom stereocenters. The van der Waals surface area contributed by atoms with Gasteiger partial charge < -0.3 is 5.32 Å². The summed E-state index contributed by atoms with van der Waals surface area (Å²) in [7, 11) is 0. The van der Waals surface area contributed by atoms with E-state index >= 15 is 0 Å². The zero-order valence-electron chi connectivity index (χ0n) is 11.0. The summed E-state index contributed by atoms with van der Waals surface area (Å²) >= 11 is 3.60. The maximum absolute atomic E-state index is 3.74. The number of hydrogen-bond acceptors (Lipinski definition) is 1. The third-order valence-electron chi connectivity index (χ3n) is 4.32. The molecule has 1 aliphatic rings. The highest BCUT2D eigenvalue weighted by molar-refractivity contribution is 9.10. The lowest BCUT2D eigenvalue weighted by Crippen LogP contribution is -2.35. The summed E-state index contributed by atoms with van der Waals surface area (Å²) in [5, 5.41) is 3.74. The van der Waals surface area contributed by atoms with Gasteiger partial charge in [0, 0.05) is 16.2 Å². The van der Waals surface area contributed by atoms with Crippen molar-refractivity contribution in [3.63, 3.8) is 0 Å². The number of nitrogens with one attached hydrogen (secondary N) is 1. The van der Waals surface area contributed by atoms with Crippen molar-refractivity contribution in [2.24, 2.45) is 11.8 Å². The monoisotopic (exact) mass is 295 g/mol. The van der Waals surface area contributed by atoms with E-state index in [0.717, 1.165) is 11.8 Å². The first kappa shape index (κ1) is 12.9. The van der Waals surface area contributed by atoms with E-state index in [-0.39, 0.29) is 0 Å². The van der Waals surface area contributed by atoms with Crippen molar-refractivity contribution in [3.8, 4) is 0 Å². The van der Waals surface area contributed by atoms with Crippen LogP contribution in [0.25, 0.3) is 0 Å². The van der Waals surface area contributed by atoms with E-state index in [1.54, 1.807) is 0 Å². The molecule has 0 heterocycles. The van der Waals surface area contributed by atoms with Gasteiger partial charge in [0.15, 0.2) is 0 Å².